The molecule has 0 aromatic heterocycles. The van der Waals surface area contributed by atoms with Gasteiger partial charge in [-0.25, -0.2) is 10.3 Å². The molecule has 2 saturated heterocycles. The highest BCUT2D eigenvalue weighted by Crippen LogP contribution is 2.40. The molecule has 0 saturated carbocycles. The molecule has 1 unspecified atom stereocenters. The first-order valence-electron chi connectivity index (χ1n) is 11.3. The van der Waals surface area contributed by atoms with Crippen molar-refractivity contribution in [3.63, 3.8) is 0 Å². The number of hydroxylamine groups is 1. The summed E-state index contributed by atoms with van der Waals surface area (Å²) in [5.41, 5.74) is 3.37. The van der Waals surface area contributed by atoms with Crippen LogP contribution in [0.5, 0.6) is 5.75 Å². The van der Waals surface area contributed by atoms with Crippen molar-refractivity contribution < 1.29 is 23.9 Å². The quantitative estimate of drug-likeness (QED) is 0.572. The first kappa shape index (κ1) is 22.0. The van der Waals surface area contributed by atoms with Crippen LogP contribution < -0.4 is 10.2 Å². The van der Waals surface area contributed by atoms with Crippen molar-refractivity contribution in [1.82, 2.24) is 10.4 Å². The van der Waals surface area contributed by atoms with Crippen LogP contribution >= 0.6 is 0 Å². The maximum atomic E-state index is 12.9. The molecule has 3 aliphatic heterocycles. The summed E-state index contributed by atoms with van der Waals surface area (Å²) in [6.45, 7) is 6.95. The maximum absolute atomic E-state index is 12.9. The average Bonchev–Trinajstić information content (AvgIpc) is 2.77. The monoisotopic (exact) mass is 428 g/mol. The molecule has 3 heterocycles. The number of amides is 1. The van der Waals surface area contributed by atoms with Gasteiger partial charge in [-0.3, -0.25) is 9.59 Å². The van der Waals surface area contributed by atoms with Gasteiger partial charge in [0.15, 0.2) is 12.1 Å². The predicted molar refractivity (Wildman–Crippen MR) is 117 cm³/mol. The number of ketones is 1. The molecule has 168 valence electrons. The largest absolute Gasteiger partial charge is 0.486 e. The molecule has 0 aliphatic carbocycles. The summed E-state index contributed by atoms with van der Waals surface area (Å²) in [7, 11) is 0. The maximum Gasteiger partial charge on any atom is 0.267 e. The molecule has 1 aromatic carbocycles. The van der Waals surface area contributed by atoms with Gasteiger partial charge in [0.05, 0.1) is 12.0 Å². The van der Waals surface area contributed by atoms with Crippen molar-refractivity contribution >= 4 is 17.8 Å². The summed E-state index contributed by atoms with van der Waals surface area (Å²) in [6, 6.07) is 6.01. The van der Waals surface area contributed by atoms with Crippen LogP contribution in [-0.2, 0) is 14.4 Å². The highest BCUT2D eigenvalue weighted by atomic mass is 16.8. The van der Waals surface area contributed by atoms with E-state index in [1.165, 1.54) is 6.08 Å². The van der Waals surface area contributed by atoms with E-state index in [1.54, 1.807) is 12.1 Å². The van der Waals surface area contributed by atoms with Crippen molar-refractivity contribution in [3.05, 3.63) is 35.4 Å². The van der Waals surface area contributed by atoms with Gasteiger partial charge < -0.3 is 14.4 Å². The van der Waals surface area contributed by atoms with Crippen LogP contribution in [0.1, 0.15) is 68.3 Å². The summed E-state index contributed by atoms with van der Waals surface area (Å²) in [5, 5.41) is 0. The summed E-state index contributed by atoms with van der Waals surface area (Å²) in [6.07, 6.45) is 7.63. The lowest BCUT2D eigenvalue weighted by Gasteiger charge is -2.45. The lowest BCUT2D eigenvalue weighted by atomic mass is 9.82. The molecule has 0 bridgehead atoms. The number of fused-ring (bicyclic) bond motifs is 1. The number of hydrogen-bond donors (Lipinski definition) is 1. The number of carbonyl (C=O) groups excluding carboxylic acids is 2. The number of nitrogens with zero attached hydrogens (tertiary/aromatic N) is 1. The smallest absolute Gasteiger partial charge is 0.267 e. The van der Waals surface area contributed by atoms with Crippen molar-refractivity contribution in [1.29, 1.82) is 0 Å². The molecule has 1 N–H and O–H groups in total. The van der Waals surface area contributed by atoms with Crippen LogP contribution in [0.2, 0.25) is 0 Å². The van der Waals surface area contributed by atoms with Crippen LogP contribution in [-0.4, -0.2) is 54.2 Å². The fourth-order valence-corrected chi connectivity index (χ4v) is 4.48. The SMILES string of the molecule is CC(C)N1CCC2(CC1)CC(=O)c1cc(C=CC(=O)NOC3CCCCO3)ccc1O2. The number of nitrogens with one attached hydrogen (secondary N) is 1. The molecule has 3 aliphatic rings. The van der Waals surface area contributed by atoms with Crippen LogP contribution in [0.4, 0.5) is 0 Å². The summed E-state index contributed by atoms with van der Waals surface area (Å²) in [4.78, 5) is 32.6. The summed E-state index contributed by atoms with van der Waals surface area (Å²) < 4.78 is 11.8. The van der Waals surface area contributed by atoms with E-state index < -0.39 is 0 Å². The van der Waals surface area contributed by atoms with Gasteiger partial charge in [0.1, 0.15) is 11.4 Å². The molecular weight excluding hydrogens is 396 g/mol. The van der Waals surface area contributed by atoms with Crippen LogP contribution in [0.25, 0.3) is 6.08 Å². The molecule has 1 amide bonds. The Hall–Kier alpha value is -2.22. The third kappa shape index (κ3) is 5.34. The molecule has 1 aromatic rings. The zero-order chi connectivity index (χ0) is 21.8. The number of rotatable bonds is 5. The summed E-state index contributed by atoms with van der Waals surface area (Å²) >= 11 is 0. The Kier molecular flexibility index (Phi) is 6.74. The van der Waals surface area contributed by atoms with Gasteiger partial charge in [0.25, 0.3) is 5.91 Å². The van der Waals surface area contributed by atoms with Crippen molar-refractivity contribution in [2.45, 2.75) is 70.3 Å². The molecule has 1 atom stereocenters. The number of benzene rings is 1. The third-order valence-electron chi connectivity index (χ3n) is 6.41. The Morgan fingerprint density at radius 1 is 1.29 bits per heavy atom. The Bertz CT molecular complexity index is 836. The van der Waals surface area contributed by atoms with E-state index in [4.69, 9.17) is 14.3 Å². The highest BCUT2D eigenvalue weighted by Gasteiger charge is 2.43. The normalized spacial score (nSPS) is 23.7. The number of carbonyl (C=O) groups is 2. The Morgan fingerprint density at radius 2 is 2.10 bits per heavy atom. The van der Waals surface area contributed by atoms with Gasteiger partial charge in [-0.15, -0.1) is 0 Å². The molecule has 7 nitrogen and oxygen atoms in total. The van der Waals surface area contributed by atoms with E-state index in [2.05, 4.69) is 24.2 Å². The average molecular weight is 429 g/mol. The topological polar surface area (TPSA) is 77.1 Å². The number of likely N-dealkylation sites (tertiary alicyclic amines) is 1. The molecular formula is C24H32N2O5. The molecule has 7 heteroatoms. The van der Waals surface area contributed by atoms with Crippen LogP contribution in [0, 0.1) is 0 Å². The van der Waals surface area contributed by atoms with Gasteiger partial charge in [-0.2, -0.15) is 0 Å². The van der Waals surface area contributed by atoms with Gasteiger partial charge >= 0.3 is 0 Å². The van der Waals surface area contributed by atoms with E-state index in [1.807, 2.05) is 12.1 Å². The fourth-order valence-electron chi connectivity index (χ4n) is 4.48. The second kappa shape index (κ2) is 9.51. The van der Waals surface area contributed by atoms with Crippen LogP contribution in [0.15, 0.2) is 24.3 Å². The number of hydrogen-bond acceptors (Lipinski definition) is 6. The lowest BCUT2D eigenvalue weighted by molar-refractivity contribution is -0.198. The highest BCUT2D eigenvalue weighted by molar-refractivity contribution is 6.01. The zero-order valence-corrected chi connectivity index (χ0v) is 18.4. The zero-order valence-electron chi connectivity index (χ0n) is 18.4. The Labute approximate surface area is 183 Å². The van der Waals surface area contributed by atoms with E-state index >= 15 is 0 Å². The third-order valence-corrected chi connectivity index (χ3v) is 6.41. The Balaban J connectivity index is 1.35. The Morgan fingerprint density at radius 3 is 2.81 bits per heavy atom. The minimum absolute atomic E-state index is 0.108. The van der Waals surface area contributed by atoms with Crippen molar-refractivity contribution in [2.24, 2.45) is 0 Å². The molecule has 0 radical (unpaired) electrons. The van der Waals surface area contributed by atoms with E-state index in [9.17, 15) is 9.59 Å². The molecule has 2 fully saturated rings. The first-order chi connectivity index (χ1) is 14.9. The van der Waals surface area contributed by atoms with E-state index in [-0.39, 0.29) is 23.6 Å². The van der Waals surface area contributed by atoms with Gasteiger partial charge in [0.2, 0.25) is 0 Å². The van der Waals surface area contributed by atoms with E-state index in [0.717, 1.165) is 50.8 Å². The minimum Gasteiger partial charge on any atom is -0.486 e. The van der Waals surface area contributed by atoms with Gasteiger partial charge in [-0.05, 0) is 50.5 Å². The molecule has 1 spiro atoms. The number of ether oxygens (including phenoxy) is 2. The van der Waals surface area contributed by atoms with Crippen molar-refractivity contribution in [3.8, 4) is 5.75 Å². The van der Waals surface area contributed by atoms with Gasteiger partial charge in [0, 0.05) is 51.1 Å². The fraction of sp³-hybridized carbons (Fsp3) is 0.583. The predicted octanol–water partition coefficient (Wildman–Crippen LogP) is 3.48. The van der Waals surface area contributed by atoms with Gasteiger partial charge in [-0.1, -0.05) is 6.07 Å². The standard InChI is InChI=1S/C24H32N2O5/c1-17(2)26-12-10-24(11-13-26)16-20(27)19-15-18(6-8-21(19)30-24)7-9-22(28)25-31-23-5-3-4-14-29-23/h6-9,15,17,23H,3-5,10-14,16H2,1-2H3,(H,25,28). The summed E-state index contributed by atoms with van der Waals surface area (Å²) in [5.74, 6) is 0.385. The molecule has 31 heavy (non-hydrogen) atoms. The van der Waals surface area contributed by atoms with Crippen molar-refractivity contribution in [2.75, 3.05) is 19.7 Å². The second-order valence-corrected chi connectivity index (χ2v) is 8.98. The first-order valence-corrected chi connectivity index (χ1v) is 11.3. The minimum atomic E-state index is -0.385. The second-order valence-electron chi connectivity index (χ2n) is 8.98. The molecule has 4 rings (SSSR count). The lowest BCUT2D eigenvalue weighted by Crippen LogP contribution is -2.52. The van der Waals surface area contributed by atoms with E-state index in [0.29, 0.717) is 30.4 Å². The number of Topliss-reactive ketones (excluding diaryl/α,β-unsaturated/α-hetero) is 1. The number of piperidine rings is 1. The van der Waals surface area contributed by atoms with Crippen LogP contribution in [0.3, 0.4) is 0 Å².